The highest BCUT2D eigenvalue weighted by Crippen LogP contribution is 2.27. The number of benzene rings is 1. The zero-order valence-electron chi connectivity index (χ0n) is 8.12. The molecular weight excluding hydrogens is 358 g/mol. The fraction of sp³-hybridized carbons (Fsp3) is 0.0909. The van der Waals surface area contributed by atoms with E-state index >= 15 is 0 Å². The van der Waals surface area contributed by atoms with Crippen molar-refractivity contribution in [2.45, 2.75) is 5.88 Å². The molecule has 0 aliphatic carbocycles. The maximum atomic E-state index is 6.03. The van der Waals surface area contributed by atoms with Crippen LogP contribution in [0.3, 0.4) is 0 Å². The summed E-state index contributed by atoms with van der Waals surface area (Å²) < 4.78 is 0.847. The number of nitrogens with zero attached hydrogens (tertiary/aromatic N) is 2. The average Bonchev–Trinajstić information content (AvgIpc) is 2.33. The Bertz CT molecular complexity index is 503. The minimum atomic E-state index is 0.260. The largest absolute Gasteiger partial charge is 0.230 e. The average molecular weight is 365 g/mol. The molecule has 82 valence electrons. The number of halogens is 3. The van der Waals surface area contributed by atoms with Crippen molar-refractivity contribution in [3.05, 3.63) is 44.9 Å². The first-order chi connectivity index (χ1) is 7.72. The number of alkyl halides is 1. The zero-order chi connectivity index (χ0) is 11.5. The number of aromatic nitrogens is 2. The first-order valence-electron chi connectivity index (χ1n) is 4.55. The quantitative estimate of drug-likeness (QED) is 0.454. The maximum Gasteiger partial charge on any atom is 0.146 e. The molecule has 0 aliphatic rings. The van der Waals surface area contributed by atoms with Crippen LogP contribution in [0.2, 0.25) is 5.15 Å². The molecular formula is C11H7Cl2IN2. The van der Waals surface area contributed by atoms with Crippen molar-refractivity contribution >= 4 is 45.8 Å². The van der Waals surface area contributed by atoms with E-state index in [9.17, 15) is 0 Å². The number of rotatable bonds is 2. The Labute approximate surface area is 117 Å². The second-order valence-corrected chi connectivity index (χ2v) is 4.80. The summed E-state index contributed by atoms with van der Waals surface area (Å²) in [5, 5.41) is 0.449. The van der Waals surface area contributed by atoms with Crippen molar-refractivity contribution in [2.24, 2.45) is 0 Å². The normalized spacial score (nSPS) is 10.4. The van der Waals surface area contributed by atoms with E-state index in [4.69, 9.17) is 23.2 Å². The molecule has 2 nitrogen and oxygen atoms in total. The van der Waals surface area contributed by atoms with Crippen molar-refractivity contribution in [3.63, 3.8) is 0 Å². The monoisotopic (exact) mass is 364 g/mol. The Balaban J connectivity index is 2.60. The summed E-state index contributed by atoms with van der Waals surface area (Å²) in [5.41, 5.74) is 1.85. The summed E-state index contributed by atoms with van der Waals surface area (Å²) in [4.78, 5) is 8.48. The first-order valence-corrected chi connectivity index (χ1v) is 6.55. The molecule has 0 amide bonds. The summed E-state index contributed by atoms with van der Waals surface area (Å²) in [5.74, 6) is 0.808. The molecule has 0 radical (unpaired) electrons. The Morgan fingerprint density at radius 1 is 1.12 bits per heavy atom. The molecule has 2 aromatic rings. The zero-order valence-corrected chi connectivity index (χ0v) is 11.8. The van der Waals surface area contributed by atoms with E-state index < -0.39 is 0 Å². The summed E-state index contributed by atoms with van der Waals surface area (Å²) in [7, 11) is 0. The van der Waals surface area contributed by atoms with Gasteiger partial charge in [-0.05, 0) is 22.6 Å². The van der Waals surface area contributed by atoms with Gasteiger partial charge < -0.3 is 0 Å². The van der Waals surface area contributed by atoms with Gasteiger partial charge in [-0.15, -0.1) is 11.6 Å². The Hall–Kier alpha value is -0.390. The van der Waals surface area contributed by atoms with E-state index in [1.165, 1.54) is 0 Å². The second kappa shape index (κ2) is 5.29. The second-order valence-electron chi connectivity index (χ2n) is 3.09. The van der Waals surface area contributed by atoms with Crippen LogP contribution in [-0.2, 0) is 5.88 Å². The lowest BCUT2D eigenvalue weighted by atomic mass is 10.1. The highest BCUT2D eigenvalue weighted by molar-refractivity contribution is 14.1. The van der Waals surface area contributed by atoms with Crippen LogP contribution in [-0.4, -0.2) is 9.97 Å². The summed E-state index contributed by atoms with van der Waals surface area (Å²) in [6.07, 6.45) is 0. The van der Waals surface area contributed by atoms with Crippen LogP contribution in [0, 0.1) is 3.57 Å². The van der Waals surface area contributed by atoms with Crippen molar-refractivity contribution in [3.8, 4) is 11.3 Å². The molecule has 0 N–H and O–H groups in total. The molecule has 0 aliphatic heterocycles. The first kappa shape index (κ1) is 12.1. The van der Waals surface area contributed by atoms with E-state index in [0.717, 1.165) is 14.8 Å². The van der Waals surface area contributed by atoms with Crippen molar-refractivity contribution < 1.29 is 0 Å². The standard InChI is InChI=1S/C11H7Cl2IN2/c12-6-8-15-10(9(14)11(13)16-8)7-4-2-1-3-5-7/h1-5H,6H2. The van der Waals surface area contributed by atoms with Gasteiger partial charge in [-0.3, -0.25) is 0 Å². The predicted molar refractivity (Wildman–Crippen MR) is 74.8 cm³/mol. The van der Waals surface area contributed by atoms with Gasteiger partial charge in [0, 0.05) is 5.56 Å². The summed E-state index contributed by atoms with van der Waals surface area (Å²) in [6.45, 7) is 0. The van der Waals surface area contributed by atoms with Gasteiger partial charge >= 0.3 is 0 Å². The third-order valence-electron chi connectivity index (χ3n) is 2.02. The molecule has 0 bridgehead atoms. The molecule has 0 saturated carbocycles. The molecule has 1 aromatic heterocycles. The molecule has 1 heterocycles. The van der Waals surface area contributed by atoms with Gasteiger partial charge in [0.05, 0.1) is 15.1 Å². The van der Waals surface area contributed by atoms with Gasteiger partial charge in [-0.25, -0.2) is 9.97 Å². The van der Waals surface area contributed by atoms with Gasteiger partial charge in [-0.1, -0.05) is 41.9 Å². The van der Waals surface area contributed by atoms with Crippen LogP contribution in [0.5, 0.6) is 0 Å². The van der Waals surface area contributed by atoms with Crippen LogP contribution in [0.4, 0.5) is 0 Å². The molecule has 0 saturated heterocycles. The Kier molecular flexibility index (Phi) is 4.00. The van der Waals surface area contributed by atoms with Gasteiger partial charge in [-0.2, -0.15) is 0 Å². The molecule has 0 atom stereocenters. The van der Waals surface area contributed by atoms with Gasteiger partial charge in [0.25, 0.3) is 0 Å². The molecule has 0 unspecified atom stereocenters. The maximum absolute atomic E-state index is 6.03. The van der Waals surface area contributed by atoms with E-state index in [-0.39, 0.29) is 5.88 Å². The third-order valence-corrected chi connectivity index (χ3v) is 3.88. The lowest BCUT2D eigenvalue weighted by molar-refractivity contribution is 1.03. The summed E-state index contributed by atoms with van der Waals surface area (Å²) in [6, 6.07) is 9.85. The van der Waals surface area contributed by atoms with Gasteiger partial charge in [0.1, 0.15) is 11.0 Å². The van der Waals surface area contributed by atoms with E-state index in [1.54, 1.807) is 0 Å². The highest BCUT2D eigenvalue weighted by atomic mass is 127. The molecule has 0 fully saturated rings. The number of hydrogen-bond acceptors (Lipinski definition) is 2. The van der Waals surface area contributed by atoms with Crippen LogP contribution in [0.15, 0.2) is 30.3 Å². The fourth-order valence-electron chi connectivity index (χ4n) is 1.31. The van der Waals surface area contributed by atoms with Crippen LogP contribution < -0.4 is 0 Å². The van der Waals surface area contributed by atoms with Crippen LogP contribution in [0.25, 0.3) is 11.3 Å². The molecule has 16 heavy (non-hydrogen) atoms. The van der Waals surface area contributed by atoms with E-state index in [1.807, 2.05) is 30.3 Å². The predicted octanol–water partition coefficient (Wildman–Crippen LogP) is 4.14. The molecule has 5 heteroatoms. The number of hydrogen-bond donors (Lipinski definition) is 0. The lowest BCUT2D eigenvalue weighted by Gasteiger charge is -2.06. The topological polar surface area (TPSA) is 25.8 Å². The van der Waals surface area contributed by atoms with E-state index in [2.05, 4.69) is 32.6 Å². The van der Waals surface area contributed by atoms with Crippen molar-refractivity contribution in [1.29, 1.82) is 0 Å². The molecule has 1 aromatic carbocycles. The van der Waals surface area contributed by atoms with Gasteiger partial charge in [0.15, 0.2) is 0 Å². The van der Waals surface area contributed by atoms with Crippen molar-refractivity contribution in [2.75, 3.05) is 0 Å². The lowest BCUT2D eigenvalue weighted by Crippen LogP contribution is -1.98. The Morgan fingerprint density at radius 3 is 2.44 bits per heavy atom. The van der Waals surface area contributed by atoms with Crippen molar-refractivity contribution in [1.82, 2.24) is 9.97 Å². The molecule has 0 spiro atoms. The van der Waals surface area contributed by atoms with Crippen LogP contribution >= 0.6 is 45.8 Å². The Morgan fingerprint density at radius 2 is 1.81 bits per heavy atom. The fourth-order valence-corrected chi connectivity index (χ4v) is 2.17. The van der Waals surface area contributed by atoms with E-state index in [0.29, 0.717) is 11.0 Å². The van der Waals surface area contributed by atoms with Crippen LogP contribution in [0.1, 0.15) is 5.82 Å². The highest BCUT2D eigenvalue weighted by Gasteiger charge is 2.11. The minimum absolute atomic E-state index is 0.260. The summed E-state index contributed by atoms with van der Waals surface area (Å²) >= 11 is 13.9. The molecule has 2 rings (SSSR count). The SMILES string of the molecule is ClCc1nc(Cl)c(I)c(-c2ccccc2)n1. The minimum Gasteiger partial charge on any atom is -0.230 e. The third kappa shape index (κ3) is 2.47. The van der Waals surface area contributed by atoms with Gasteiger partial charge in [0.2, 0.25) is 0 Å². The smallest absolute Gasteiger partial charge is 0.146 e.